The first-order chi connectivity index (χ1) is 20.1. The molecule has 10 heteroatoms. The molecule has 42 heavy (non-hydrogen) atoms. The first-order valence-corrected chi connectivity index (χ1v) is 14.6. The monoisotopic (exact) mass is 605 g/mol. The van der Waals surface area contributed by atoms with Crippen LogP contribution in [0, 0.1) is 0 Å². The molecule has 0 bridgehead atoms. The Labute approximate surface area is 255 Å². The second-order valence-electron chi connectivity index (χ2n) is 10.9. The molecule has 1 aliphatic heterocycles. The number of rotatable bonds is 8. The number of fused-ring (bicyclic) bond motifs is 1. The summed E-state index contributed by atoms with van der Waals surface area (Å²) in [6.45, 7) is 2.49. The minimum Gasteiger partial charge on any atom is -0.345 e. The highest BCUT2D eigenvalue weighted by Crippen LogP contribution is 2.29. The maximum atomic E-state index is 13.7. The molecule has 1 atom stereocenters. The van der Waals surface area contributed by atoms with Gasteiger partial charge in [0.1, 0.15) is 6.54 Å². The number of carbonyl (C=O) groups is 2. The normalized spacial score (nSPS) is 14.2. The van der Waals surface area contributed by atoms with Crippen molar-refractivity contribution in [2.45, 2.75) is 25.4 Å². The number of halogens is 2. The SMILES string of the molecule is CN(C)C(=O)c1cccc(-c2ccc(C(CN3CCCC3)N(C)C(=O)Cn3c(=O)cnc4cc(Cl)c(Cl)cc43)cc2)c1. The van der Waals surface area contributed by atoms with Gasteiger partial charge in [-0.05, 0) is 66.9 Å². The van der Waals surface area contributed by atoms with Gasteiger partial charge in [0.2, 0.25) is 5.91 Å². The Bertz CT molecular complexity index is 1680. The zero-order valence-corrected chi connectivity index (χ0v) is 25.4. The summed E-state index contributed by atoms with van der Waals surface area (Å²) in [4.78, 5) is 48.8. The summed E-state index contributed by atoms with van der Waals surface area (Å²) >= 11 is 12.4. The number of aromatic nitrogens is 2. The van der Waals surface area contributed by atoms with Crippen molar-refractivity contribution in [2.24, 2.45) is 0 Å². The smallest absolute Gasteiger partial charge is 0.269 e. The summed E-state index contributed by atoms with van der Waals surface area (Å²) in [6.07, 6.45) is 3.46. The van der Waals surface area contributed by atoms with E-state index in [1.807, 2.05) is 48.5 Å². The molecule has 0 spiro atoms. The number of nitrogens with zero attached hydrogens (tertiary/aromatic N) is 5. The van der Waals surface area contributed by atoms with Crippen molar-refractivity contribution < 1.29 is 9.59 Å². The highest BCUT2D eigenvalue weighted by molar-refractivity contribution is 6.42. The van der Waals surface area contributed by atoms with Crippen LogP contribution in [0.25, 0.3) is 22.2 Å². The average molecular weight is 607 g/mol. The van der Waals surface area contributed by atoms with E-state index in [1.165, 1.54) is 10.8 Å². The van der Waals surface area contributed by atoms with Crippen LogP contribution in [0.4, 0.5) is 0 Å². The van der Waals surface area contributed by atoms with Crippen molar-refractivity contribution in [2.75, 3.05) is 40.8 Å². The van der Waals surface area contributed by atoms with E-state index in [0.717, 1.165) is 42.6 Å². The Morgan fingerprint density at radius 2 is 1.62 bits per heavy atom. The lowest BCUT2D eigenvalue weighted by molar-refractivity contribution is -0.133. The van der Waals surface area contributed by atoms with Crippen LogP contribution < -0.4 is 5.56 Å². The van der Waals surface area contributed by atoms with Gasteiger partial charge in [0, 0.05) is 33.3 Å². The Kier molecular flexibility index (Phi) is 8.96. The van der Waals surface area contributed by atoms with E-state index in [0.29, 0.717) is 28.2 Å². The van der Waals surface area contributed by atoms with Crippen LogP contribution >= 0.6 is 23.2 Å². The molecule has 2 heterocycles. The van der Waals surface area contributed by atoms with E-state index in [9.17, 15) is 14.4 Å². The molecule has 218 valence electrons. The molecule has 2 amide bonds. The molecule has 1 fully saturated rings. The van der Waals surface area contributed by atoms with Crippen molar-refractivity contribution in [1.29, 1.82) is 0 Å². The molecule has 5 rings (SSSR count). The number of benzene rings is 3. The molecular formula is C32H33Cl2N5O3. The summed E-state index contributed by atoms with van der Waals surface area (Å²) in [5.41, 5.74) is 4.08. The molecule has 0 N–H and O–H groups in total. The van der Waals surface area contributed by atoms with Crippen LogP contribution in [0.15, 0.2) is 71.7 Å². The van der Waals surface area contributed by atoms with E-state index in [4.69, 9.17) is 23.2 Å². The molecular weight excluding hydrogens is 573 g/mol. The van der Waals surface area contributed by atoms with E-state index in [1.54, 1.807) is 43.1 Å². The van der Waals surface area contributed by atoms with Gasteiger partial charge < -0.3 is 14.7 Å². The lowest BCUT2D eigenvalue weighted by Gasteiger charge is -2.32. The number of hydrogen-bond acceptors (Lipinski definition) is 5. The van der Waals surface area contributed by atoms with Gasteiger partial charge >= 0.3 is 0 Å². The topological polar surface area (TPSA) is 78.8 Å². The summed E-state index contributed by atoms with van der Waals surface area (Å²) in [7, 11) is 5.26. The van der Waals surface area contributed by atoms with Crippen molar-refractivity contribution in [1.82, 2.24) is 24.3 Å². The lowest BCUT2D eigenvalue weighted by atomic mass is 9.98. The molecule has 1 saturated heterocycles. The van der Waals surface area contributed by atoms with Gasteiger partial charge in [-0.1, -0.05) is 59.6 Å². The standard InChI is InChI=1S/C32H33Cl2N5O3/c1-36(2)32(42)24-8-6-7-23(15-24)21-9-11-22(12-10-21)29(19-38-13-4-5-14-38)37(3)31(41)20-39-28-17-26(34)25(33)16-27(28)35-18-30(39)40/h6-12,15-18,29H,4-5,13-14,19-20H2,1-3H3. The number of likely N-dealkylation sites (N-methyl/N-ethyl adjacent to an activating group) is 1. The molecule has 4 aromatic rings. The number of hydrogen-bond donors (Lipinski definition) is 0. The third-order valence-corrected chi connectivity index (χ3v) is 8.54. The van der Waals surface area contributed by atoms with Gasteiger partial charge in [0.05, 0.1) is 33.3 Å². The molecule has 1 aromatic heterocycles. The second kappa shape index (κ2) is 12.7. The largest absolute Gasteiger partial charge is 0.345 e. The first kappa shape index (κ1) is 29.8. The van der Waals surface area contributed by atoms with Gasteiger partial charge in [0.25, 0.3) is 11.5 Å². The minimum absolute atomic E-state index is 0.0502. The summed E-state index contributed by atoms with van der Waals surface area (Å²) in [5.74, 6) is -0.260. The minimum atomic E-state index is -0.391. The van der Waals surface area contributed by atoms with Gasteiger partial charge in [-0.3, -0.25) is 19.0 Å². The number of amides is 2. The molecule has 1 aliphatic rings. The quantitative estimate of drug-likeness (QED) is 0.270. The highest BCUT2D eigenvalue weighted by atomic mass is 35.5. The average Bonchev–Trinajstić information content (AvgIpc) is 3.51. The maximum absolute atomic E-state index is 13.7. The fourth-order valence-corrected chi connectivity index (χ4v) is 5.71. The summed E-state index contributed by atoms with van der Waals surface area (Å²) < 4.78 is 1.39. The van der Waals surface area contributed by atoms with E-state index in [-0.39, 0.29) is 29.4 Å². The lowest BCUT2D eigenvalue weighted by Crippen LogP contribution is -2.41. The molecule has 1 unspecified atom stereocenters. The molecule has 0 aliphatic carbocycles. The highest BCUT2D eigenvalue weighted by Gasteiger charge is 2.26. The van der Waals surface area contributed by atoms with Crippen LogP contribution in [0.2, 0.25) is 10.0 Å². The van der Waals surface area contributed by atoms with Gasteiger partial charge in [0.15, 0.2) is 0 Å². The molecule has 8 nitrogen and oxygen atoms in total. The third kappa shape index (κ3) is 6.36. The Hall–Kier alpha value is -3.72. The van der Waals surface area contributed by atoms with E-state index in [2.05, 4.69) is 9.88 Å². The number of likely N-dealkylation sites (tertiary alicyclic amines) is 1. The number of carbonyl (C=O) groups excluding carboxylic acids is 2. The van der Waals surface area contributed by atoms with E-state index < -0.39 is 5.56 Å². The fourth-order valence-electron chi connectivity index (χ4n) is 5.39. The molecule has 3 aromatic carbocycles. The third-order valence-electron chi connectivity index (χ3n) is 7.82. The Morgan fingerprint density at radius 1 is 0.929 bits per heavy atom. The molecule has 0 saturated carbocycles. The second-order valence-corrected chi connectivity index (χ2v) is 11.7. The summed E-state index contributed by atoms with van der Waals surface area (Å²) in [6, 6.07) is 18.6. The van der Waals surface area contributed by atoms with Crippen molar-refractivity contribution >= 4 is 46.0 Å². The van der Waals surface area contributed by atoms with Gasteiger partial charge in [-0.15, -0.1) is 0 Å². The van der Waals surface area contributed by atoms with Crippen molar-refractivity contribution in [3.8, 4) is 11.1 Å². The predicted molar refractivity (Wildman–Crippen MR) is 167 cm³/mol. The van der Waals surface area contributed by atoms with Gasteiger partial charge in [-0.25, -0.2) is 4.98 Å². The van der Waals surface area contributed by atoms with E-state index >= 15 is 0 Å². The Morgan fingerprint density at radius 3 is 2.31 bits per heavy atom. The van der Waals surface area contributed by atoms with Crippen LogP contribution in [0.5, 0.6) is 0 Å². The Balaban J connectivity index is 1.43. The van der Waals surface area contributed by atoms with Crippen LogP contribution in [-0.4, -0.2) is 76.8 Å². The fraction of sp³-hybridized carbons (Fsp3) is 0.312. The van der Waals surface area contributed by atoms with Crippen molar-refractivity contribution in [3.63, 3.8) is 0 Å². The zero-order valence-electron chi connectivity index (χ0n) is 23.9. The predicted octanol–water partition coefficient (Wildman–Crippen LogP) is 5.37. The zero-order chi connectivity index (χ0) is 30.0. The van der Waals surface area contributed by atoms with Crippen LogP contribution in [-0.2, 0) is 11.3 Å². The summed E-state index contributed by atoms with van der Waals surface area (Å²) in [5, 5.41) is 0.616. The van der Waals surface area contributed by atoms with Crippen molar-refractivity contribution in [3.05, 3.63) is 98.4 Å². The molecule has 0 radical (unpaired) electrons. The van der Waals surface area contributed by atoms with Crippen LogP contribution in [0.1, 0.15) is 34.8 Å². The van der Waals surface area contributed by atoms with Gasteiger partial charge in [-0.2, -0.15) is 0 Å². The first-order valence-electron chi connectivity index (χ1n) is 13.9. The maximum Gasteiger partial charge on any atom is 0.269 e. The van der Waals surface area contributed by atoms with Crippen LogP contribution in [0.3, 0.4) is 0 Å².